The molecule has 0 N–H and O–H groups in total. The highest BCUT2D eigenvalue weighted by Gasteiger charge is 2.16. The van der Waals surface area contributed by atoms with Gasteiger partial charge in [0.2, 0.25) is 0 Å². The quantitative estimate of drug-likeness (QED) is 0.375. The van der Waals surface area contributed by atoms with Crippen molar-refractivity contribution in [3.05, 3.63) is 102 Å². The van der Waals surface area contributed by atoms with Crippen molar-refractivity contribution in [2.75, 3.05) is 0 Å². The van der Waals surface area contributed by atoms with E-state index < -0.39 is 6.37 Å². The second-order valence-corrected chi connectivity index (χ2v) is 6.32. The van der Waals surface area contributed by atoms with Crippen molar-refractivity contribution in [3.8, 4) is 11.3 Å². The number of aromatic nitrogens is 1. The molecule has 0 amide bonds. The lowest BCUT2D eigenvalue weighted by molar-refractivity contribution is 0.634. The lowest BCUT2D eigenvalue weighted by Crippen LogP contribution is -1.91. The van der Waals surface area contributed by atoms with Crippen molar-refractivity contribution < 1.29 is 11.5 Å². The standard InChI is InChI=1S/C24H16FNO/c25-20-11-10-18(24-23(20)19-8-4-5-9-22(19)27-24)21-15-17(12-13-26-21)14-16-6-2-1-3-7-16/h1-13,15H,14H2/i14D2. The molecule has 27 heavy (non-hydrogen) atoms. The Morgan fingerprint density at radius 3 is 2.59 bits per heavy atom. The summed E-state index contributed by atoms with van der Waals surface area (Å²) in [5.41, 5.74) is 3.21. The highest BCUT2D eigenvalue weighted by atomic mass is 19.1. The summed E-state index contributed by atoms with van der Waals surface area (Å²) >= 11 is 0. The number of halogens is 1. The zero-order valence-electron chi connectivity index (χ0n) is 16.3. The van der Waals surface area contributed by atoms with E-state index in [-0.39, 0.29) is 5.82 Å². The summed E-state index contributed by atoms with van der Waals surface area (Å²) in [6.45, 7) is 0. The number of fused-ring (bicyclic) bond motifs is 3. The molecule has 0 unspecified atom stereocenters. The van der Waals surface area contributed by atoms with E-state index >= 15 is 0 Å². The number of benzene rings is 3. The van der Waals surface area contributed by atoms with Crippen molar-refractivity contribution in [3.63, 3.8) is 0 Å². The molecule has 0 aliphatic carbocycles. The van der Waals surface area contributed by atoms with Gasteiger partial charge in [0, 0.05) is 19.9 Å². The molecule has 3 aromatic carbocycles. The molecule has 0 fully saturated rings. The minimum atomic E-state index is -1.69. The highest BCUT2D eigenvalue weighted by Crippen LogP contribution is 2.36. The number of hydrogen-bond donors (Lipinski definition) is 0. The molecule has 0 aliphatic rings. The van der Waals surface area contributed by atoms with Gasteiger partial charge in [0.15, 0.2) is 0 Å². The third-order valence-corrected chi connectivity index (χ3v) is 4.57. The van der Waals surface area contributed by atoms with Gasteiger partial charge in [0.05, 0.1) is 11.1 Å². The summed E-state index contributed by atoms with van der Waals surface area (Å²) in [5.74, 6) is -0.357. The average Bonchev–Trinajstić information content (AvgIpc) is 3.15. The topological polar surface area (TPSA) is 26.0 Å². The second-order valence-electron chi connectivity index (χ2n) is 6.32. The van der Waals surface area contributed by atoms with Gasteiger partial charge in [-0.3, -0.25) is 4.98 Å². The Morgan fingerprint density at radius 1 is 0.889 bits per heavy atom. The molecule has 2 aromatic heterocycles. The van der Waals surface area contributed by atoms with Gasteiger partial charge in [-0.25, -0.2) is 4.39 Å². The largest absolute Gasteiger partial charge is 0.455 e. The van der Waals surface area contributed by atoms with Gasteiger partial charge >= 0.3 is 0 Å². The van der Waals surface area contributed by atoms with Crippen LogP contribution in [-0.4, -0.2) is 4.98 Å². The second kappa shape index (κ2) is 6.36. The first-order valence-electron chi connectivity index (χ1n) is 9.68. The smallest absolute Gasteiger partial charge is 0.147 e. The summed E-state index contributed by atoms with van der Waals surface area (Å²) in [5, 5.41) is 1.12. The van der Waals surface area contributed by atoms with Crippen molar-refractivity contribution in [2.24, 2.45) is 0 Å². The third-order valence-electron chi connectivity index (χ3n) is 4.57. The van der Waals surface area contributed by atoms with Gasteiger partial charge < -0.3 is 4.42 Å². The van der Waals surface area contributed by atoms with E-state index in [0.717, 1.165) is 0 Å². The maximum absolute atomic E-state index is 14.6. The number of hydrogen-bond acceptors (Lipinski definition) is 2. The summed E-state index contributed by atoms with van der Waals surface area (Å²) in [4.78, 5) is 4.42. The number of para-hydroxylation sites is 1. The Labute approximate surface area is 158 Å². The Kier molecular flexibility index (Phi) is 3.23. The Hall–Kier alpha value is -3.46. The van der Waals surface area contributed by atoms with E-state index in [1.165, 1.54) is 6.07 Å². The summed E-state index contributed by atoms with van der Waals surface area (Å²) in [7, 11) is 0. The van der Waals surface area contributed by atoms with Crippen LogP contribution in [0, 0.1) is 5.82 Å². The molecule has 130 valence electrons. The van der Waals surface area contributed by atoms with E-state index in [1.807, 2.05) is 36.4 Å². The maximum Gasteiger partial charge on any atom is 0.147 e. The van der Waals surface area contributed by atoms with Gasteiger partial charge in [-0.1, -0.05) is 48.5 Å². The fraction of sp³-hybridized carbons (Fsp3) is 0.0417. The molecular formula is C24H16FNO. The van der Waals surface area contributed by atoms with Crippen LogP contribution in [0.4, 0.5) is 4.39 Å². The number of pyridine rings is 1. The Balaban J connectivity index is 1.71. The number of nitrogens with zero attached hydrogens (tertiary/aromatic N) is 1. The van der Waals surface area contributed by atoms with Crippen molar-refractivity contribution in [1.82, 2.24) is 4.98 Å². The van der Waals surface area contributed by atoms with Gasteiger partial charge in [-0.15, -0.1) is 0 Å². The predicted molar refractivity (Wildman–Crippen MR) is 106 cm³/mol. The Bertz CT molecular complexity index is 1350. The van der Waals surface area contributed by atoms with Crippen LogP contribution in [0.25, 0.3) is 33.2 Å². The fourth-order valence-electron chi connectivity index (χ4n) is 3.33. The minimum absolute atomic E-state index is 0.357. The first-order chi connectivity index (χ1) is 14.1. The zero-order chi connectivity index (χ0) is 20.0. The maximum atomic E-state index is 14.6. The van der Waals surface area contributed by atoms with E-state index in [1.54, 1.807) is 42.6 Å². The average molecular weight is 355 g/mol. The van der Waals surface area contributed by atoms with E-state index in [0.29, 0.717) is 44.3 Å². The summed E-state index contributed by atoms with van der Waals surface area (Å²) in [6, 6.07) is 22.7. The SMILES string of the molecule is [2H]C([2H])(c1ccccc1)c1ccnc(-c2ccc(F)c3c2oc2ccccc23)c1. The molecule has 0 atom stereocenters. The van der Waals surface area contributed by atoms with Crippen LogP contribution >= 0.6 is 0 Å². The molecule has 0 aliphatic heterocycles. The summed E-state index contributed by atoms with van der Waals surface area (Å²) < 4.78 is 37.8. The zero-order valence-corrected chi connectivity index (χ0v) is 14.3. The first-order valence-corrected chi connectivity index (χ1v) is 8.68. The van der Waals surface area contributed by atoms with Crippen LogP contribution in [0.15, 0.2) is 89.5 Å². The molecular weight excluding hydrogens is 337 g/mol. The molecule has 0 radical (unpaired) electrons. The van der Waals surface area contributed by atoms with Gasteiger partial charge in [0.25, 0.3) is 0 Å². The molecule has 2 heterocycles. The predicted octanol–water partition coefficient (Wildman–Crippen LogP) is 6.38. The van der Waals surface area contributed by atoms with Crippen LogP contribution in [0.1, 0.15) is 13.9 Å². The van der Waals surface area contributed by atoms with Crippen molar-refractivity contribution in [2.45, 2.75) is 6.37 Å². The van der Waals surface area contributed by atoms with Crippen molar-refractivity contribution >= 4 is 21.9 Å². The normalized spacial score (nSPS) is 12.9. The molecule has 2 nitrogen and oxygen atoms in total. The molecule has 3 heteroatoms. The number of furan rings is 1. The Morgan fingerprint density at radius 2 is 1.70 bits per heavy atom. The molecule has 0 spiro atoms. The van der Waals surface area contributed by atoms with E-state index in [2.05, 4.69) is 4.98 Å². The van der Waals surface area contributed by atoms with Gasteiger partial charge in [-0.2, -0.15) is 0 Å². The van der Waals surface area contributed by atoms with Crippen LogP contribution in [0.5, 0.6) is 0 Å². The fourth-order valence-corrected chi connectivity index (χ4v) is 3.33. The molecule has 5 aromatic rings. The third kappa shape index (κ3) is 2.77. The molecule has 0 saturated carbocycles. The van der Waals surface area contributed by atoms with Crippen LogP contribution in [0.2, 0.25) is 0 Å². The van der Waals surface area contributed by atoms with E-state index in [9.17, 15) is 4.39 Å². The van der Waals surface area contributed by atoms with Crippen LogP contribution in [-0.2, 0) is 6.37 Å². The minimum Gasteiger partial charge on any atom is -0.455 e. The summed E-state index contributed by atoms with van der Waals surface area (Å²) in [6.07, 6.45) is -0.116. The number of rotatable bonds is 3. The molecule has 5 rings (SSSR count). The first kappa shape index (κ1) is 13.7. The molecule has 0 bridgehead atoms. The molecule has 0 saturated heterocycles. The van der Waals surface area contributed by atoms with E-state index in [4.69, 9.17) is 7.16 Å². The monoisotopic (exact) mass is 355 g/mol. The van der Waals surface area contributed by atoms with Crippen LogP contribution < -0.4 is 0 Å². The van der Waals surface area contributed by atoms with Crippen molar-refractivity contribution in [1.29, 1.82) is 0 Å². The van der Waals surface area contributed by atoms with Gasteiger partial charge in [0.1, 0.15) is 17.0 Å². The lowest BCUT2D eigenvalue weighted by Gasteiger charge is -2.06. The lowest BCUT2D eigenvalue weighted by atomic mass is 10.0. The van der Waals surface area contributed by atoms with Crippen LogP contribution in [0.3, 0.4) is 0 Å². The highest BCUT2D eigenvalue weighted by molar-refractivity contribution is 6.09. The van der Waals surface area contributed by atoms with Gasteiger partial charge in [-0.05, 0) is 47.8 Å².